The molecule has 2 heterocycles. The topological polar surface area (TPSA) is 47.3 Å². The number of fused-ring (bicyclic) bond motifs is 1. The van der Waals surface area contributed by atoms with Crippen molar-refractivity contribution in [1.82, 2.24) is 4.98 Å². The van der Waals surface area contributed by atoms with E-state index in [0.29, 0.717) is 5.92 Å². The highest BCUT2D eigenvalue weighted by Gasteiger charge is 2.26. The summed E-state index contributed by atoms with van der Waals surface area (Å²) in [5.41, 5.74) is 3.56. The van der Waals surface area contributed by atoms with Crippen molar-refractivity contribution in [1.29, 1.82) is 0 Å². The summed E-state index contributed by atoms with van der Waals surface area (Å²) < 4.78 is 10.8. The van der Waals surface area contributed by atoms with Crippen molar-refractivity contribution in [2.45, 2.75) is 25.3 Å². The normalized spacial score (nSPS) is 14.2. The Morgan fingerprint density at radius 2 is 2.18 bits per heavy atom. The Balaban J connectivity index is 1.62. The van der Waals surface area contributed by atoms with Crippen molar-refractivity contribution < 1.29 is 9.15 Å². The molecule has 0 saturated heterocycles. The summed E-state index contributed by atoms with van der Waals surface area (Å²) in [4.78, 5) is 4.42. The fourth-order valence-corrected chi connectivity index (χ4v) is 2.87. The third-order valence-electron chi connectivity index (χ3n) is 4.19. The molecule has 1 aliphatic rings. The molecule has 3 aromatic rings. The van der Waals surface area contributed by atoms with E-state index < -0.39 is 0 Å². The van der Waals surface area contributed by atoms with Crippen LogP contribution >= 0.6 is 0 Å². The van der Waals surface area contributed by atoms with E-state index in [-0.39, 0.29) is 0 Å². The first-order valence-electron chi connectivity index (χ1n) is 7.58. The molecule has 1 aromatic carbocycles. The Labute approximate surface area is 129 Å². The van der Waals surface area contributed by atoms with Gasteiger partial charge in [0.05, 0.1) is 18.8 Å². The molecule has 1 saturated carbocycles. The Hall–Kier alpha value is -2.49. The largest absolute Gasteiger partial charge is 0.497 e. The number of nitrogens with zero attached hydrogens (tertiary/aromatic N) is 1. The van der Waals surface area contributed by atoms with E-state index in [1.54, 1.807) is 19.6 Å². The van der Waals surface area contributed by atoms with Crippen molar-refractivity contribution in [2.75, 3.05) is 12.4 Å². The highest BCUT2D eigenvalue weighted by molar-refractivity contribution is 5.87. The fraction of sp³-hybridized carbons (Fsp3) is 0.278. The van der Waals surface area contributed by atoms with Crippen LogP contribution in [-0.2, 0) is 6.54 Å². The van der Waals surface area contributed by atoms with Crippen LogP contribution in [0, 0.1) is 0 Å². The maximum absolute atomic E-state index is 5.42. The Morgan fingerprint density at radius 1 is 1.27 bits per heavy atom. The van der Waals surface area contributed by atoms with Crippen LogP contribution in [0.25, 0.3) is 11.0 Å². The van der Waals surface area contributed by atoms with Crippen LogP contribution < -0.4 is 10.1 Å². The van der Waals surface area contributed by atoms with Gasteiger partial charge in [-0.1, -0.05) is 6.07 Å². The molecule has 1 fully saturated rings. The highest BCUT2D eigenvalue weighted by atomic mass is 16.5. The summed E-state index contributed by atoms with van der Waals surface area (Å²) in [6.45, 7) is 0.736. The van der Waals surface area contributed by atoms with Crippen molar-refractivity contribution in [3.63, 3.8) is 0 Å². The lowest BCUT2D eigenvalue weighted by atomic mass is 10.0. The molecule has 1 aliphatic carbocycles. The van der Waals surface area contributed by atoms with Crippen molar-refractivity contribution in [3.05, 3.63) is 53.9 Å². The van der Waals surface area contributed by atoms with Crippen molar-refractivity contribution in [3.8, 4) is 5.75 Å². The Bertz CT molecular complexity index is 806. The van der Waals surface area contributed by atoms with Gasteiger partial charge in [-0.05, 0) is 54.2 Å². The first kappa shape index (κ1) is 13.2. The molecule has 2 aromatic heterocycles. The predicted molar refractivity (Wildman–Crippen MR) is 86.3 cm³/mol. The number of hydrogen-bond donors (Lipinski definition) is 1. The number of methoxy groups -OCH3 is 1. The smallest absolute Gasteiger partial charge is 0.139 e. The maximum Gasteiger partial charge on any atom is 0.139 e. The molecular formula is C18H18N2O2. The van der Waals surface area contributed by atoms with Crippen molar-refractivity contribution in [2.24, 2.45) is 0 Å². The van der Waals surface area contributed by atoms with E-state index in [1.807, 2.05) is 18.2 Å². The first-order valence-corrected chi connectivity index (χ1v) is 7.58. The van der Waals surface area contributed by atoms with Gasteiger partial charge in [-0.15, -0.1) is 0 Å². The van der Waals surface area contributed by atoms with Gasteiger partial charge in [0.25, 0.3) is 0 Å². The van der Waals surface area contributed by atoms with Gasteiger partial charge in [-0.25, -0.2) is 4.98 Å². The first-order chi connectivity index (χ1) is 10.8. The average molecular weight is 294 g/mol. The molecule has 0 aliphatic heterocycles. The van der Waals surface area contributed by atoms with Crippen LogP contribution in [-0.4, -0.2) is 12.1 Å². The standard InChI is InChI=1S/C18H18N2O2/c1-21-14-4-5-15(12-2-3-12)13(10-14)11-20-18-16-7-9-22-17(16)6-8-19-18/h4-10,12H,2-3,11H2,1H3,(H,19,20). The summed E-state index contributed by atoms with van der Waals surface area (Å²) in [6, 6.07) is 10.2. The van der Waals surface area contributed by atoms with Crippen LogP contribution in [0.1, 0.15) is 29.9 Å². The lowest BCUT2D eigenvalue weighted by Crippen LogP contribution is -2.04. The number of ether oxygens (including phenoxy) is 1. The zero-order valence-electron chi connectivity index (χ0n) is 12.5. The minimum atomic E-state index is 0.709. The zero-order valence-corrected chi connectivity index (χ0v) is 12.5. The van der Waals surface area contributed by atoms with Gasteiger partial charge in [0, 0.05) is 12.7 Å². The summed E-state index contributed by atoms with van der Waals surface area (Å²) in [7, 11) is 1.71. The number of hydrogen-bond acceptors (Lipinski definition) is 4. The van der Waals surface area contributed by atoms with Crippen LogP contribution in [0.2, 0.25) is 0 Å². The fourth-order valence-electron chi connectivity index (χ4n) is 2.87. The number of nitrogens with one attached hydrogen (secondary N) is 1. The lowest BCUT2D eigenvalue weighted by molar-refractivity contribution is 0.414. The lowest BCUT2D eigenvalue weighted by Gasteiger charge is -2.12. The molecule has 0 bridgehead atoms. The minimum absolute atomic E-state index is 0.709. The van der Waals surface area contributed by atoms with Gasteiger partial charge in [-0.3, -0.25) is 0 Å². The van der Waals surface area contributed by atoms with Crippen LogP contribution in [0.5, 0.6) is 5.75 Å². The molecule has 22 heavy (non-hydrogen) atoms. The number of pyridine rings is 1. The van der Waals surface area contributed by atoms with E-state index in [9.17, 15) is 0 Å². The Kier molecular flexibility index (Phi) is 3.22. The zero-order chi connectivity index (χ0) is 14.9. The van der Waals surface area contributed by atoms with E-state index in [1.165, 1.54) is 24.0 Å². The van der Waals surface area contributed by atoms with Crippen LogP contribution in [0.4, 0.5) is 5.82 Å². The van der Waals surface area contributed by atoms with Gasteiger partial charge < -0.3 is 14.5 Å². The number of benzene rings is 1. The number of rotatable bonds is 5. The van der Waals surface area contributed by atoms with E-state index in [2.05, 4.69) is 22.4 Å². The molecule has 0 atom stereocenters. The van der Waals surface area contributed by atoms with Crippen LogP contribution in [0.15, 0.2) is 47.2 Å². The quantitative estimate of drug-likeness (QED) is 0.761. The van der Waals surface area contributed by atoms with Crippen LogP contribution in [0.3, 0.4) is 0 Å². The molecule has 4 rings (SSSR count). The second-order valence-electron chi connectivity index (χ2n) is 5.68. The van der Waals surface area contributed by atoms with Gasteiger partial charge >= 0.3 is 0 Å². The molecule has 0 spiro atoms. The van der Waals surface area contributed by atoms with Gasteiger partial charge in [0.1, 0.15) is 17.2 Å². The number of aromatic nitrogens is 1. The number of furan rings is 1. The molecule has 0 amide bonds. The predicted octanol–water partition coefficient (Wildman–Crippen LogP) is 4.33. The summed E-state index contributed by atoms with van der Waals surface area (Å²) in [6.07, 6.45) is 6.03. The van der Waals surface area contributed by atoms with Gasteiger partial charge in [-0.2, -0.15) is 0 Å². The third kappa shape index (κ3) is 2.41. The summed E-state index contributed by atoms with van der Waals surface area (Å²) >= 11 is 0. The molecule has 112 valence electrons. The van der Waals surface area contributed by atoms with Crippen molar-refractivity contribution >= 4 is 16.8 Å². The third-order valence-corrected chi connectivity index (χ3v) is 4.19. The molecular weight excluding hydrogens is 276 g/mol. The summed E-state index contributed by atoms with van der Waals surface area (Å²) in [5.74, 6) is 2.46. The van der Waals surface area contributed by atoms with E-state index in [0.717, 1.165) is 29.1 Å². The SMILES string of the molecule is COc1ccc(C2CC2)c(CNc2nccc3occc23)c1. The maximum atomic E-state index is 5.42. The summed E-state index contributed by atoms with van der Waals surface area (Å²) in [5, 5.41) is 4.45. The second kappa shape index (κ2) is 5.37. The van der Waals surface area contributed by atoms with Gasteiger partial charge in [0.15, 0.2) is 0 Å². The molecule has 0 unspecified atom stereocenters. The van der Waals surface area contributed by atoms with E-state index >= 15 is 0 Å². The van der Waals surface area contributed by atoms with Gasteiger partial charge in [0.2, 0.25) is 0 Å². The molecule has 4 nitrogen and oxygen atoms in total. The highest BCUT2D eigenvalue weighted by Crippen LogP contribution is 2.42. The molecule has 1 N–H and O–H groups in total. The Morgan fingerprint density at radius 3 is 3.00 bits per heavy atom. The second-order valence-corrected chi connectivity index (χ2v) is 5.68. The molecule has 4 heteroatoms. The number of anilines is 1. The van der Waals surface area contributed by atoms with E-state index in [4.69, 9.17) is 9.15 Å². The molecule has 0 radical (unpaired) electrons. The average Bonchev–Trinajstić information content (AvgIpc) is 3.29. The minimum Gasteiger partial charge on any atom is -0.497 e. The monoisotopic (exact) mass is 294 g/mol.